The molecule has 3 aliphatic heterocycles. The van der Waals surface area contributed by atoms with Crippen LogP contribution in [0.2, 0.25) is 0 Å². The number of fused-ring (bicyclic) bond motifs is 3. The number of carbonyl (C=O) groups is 2. The highest BCUT2D eigenvalue weighted by molar-refractivity contribution is 8.14. The fourth-order valence-corrected chi connectivity index (χ4v) is 5.97. The third kappa shape index (κ3) is 4.47. The molecule has 6 nitrogen and oxygen atoms in total. The van der Waals surface area contributed by atoms with E-state index in [1.165, 1.54) is 11.8 Å². The Morgan fingerprint density at radius 1 is 1.00 bits per heavy atom. The Bertz CT molecular complexity index is 1120. The van der Waals surface area contributed by atoms with Gasteiger partial charge in [0.2, 0.25) is 5.91 Å². The number of nitrogens with zero attached hydrogens (tertiary/aromatic N) is 4. The number of amidine groups is 2. The van der Waals surface area contributed by atoms with E-state index in [0.717, 1.165) is 36.3 Å². The maximum atomic E-state index is 13.0. The van der Waals surface area contributed by atoms with Crippen LogP contribution in [-0.4, -0.2) is 57.5 Å². The van der Waals surface area contributed by atoms with Crippen molar-refractivity contribution in [3.05, 3.63) is 65.7 Å². The van der Waals surface area contributed by atoms with E-state index in [4.69, 9.17) is 4.99 Å². The summed E-state index contributed by atoms with van der Waals surface area (Å²) in [6, 6.07) is 17.3. The quantitative estimate of drug-likeness (QED) is 0.688. The van der Waals surface area contributed by atoms with Crippen LogP contribution < -0.4 is 0 Å². The largest absolute Gasteiger partial charge is 0.341 e. The van der Waals surface area contributed by atoms with E-state index in [0.29, 0.717) is 35.0 Å². The Kier molecular flexibility index (Phi) is 6.06. The molecule has 0 aliphatic carbocycles. The van der Waals surface area contributed by atoms with Gasteiger partial charge in [0.1, 0.15) is 11.9 Å². The molecule has 0 N–H and O–H groups in total. The lowest BCUT2D eigenvalue weighted by molar-refractivity contribution is -0.131. The average Bonchev–Trinajstić information content (AvgIpc) is 3.13. The second-order valence-corrected chi connectivity index (χ2v) is 10.2. The lowest BCUT2D eigenvalue weighted by Gasteiger charge is -2.35. The van der Waals surface area contributed by atoms with Crippen molar-refractivity contribution in [1.29, 1.82) is 0 Å². The average molecular weight is 461 g/mol. The summed E-state index contributed by atoms with van der Waals surface area (Å²) in [5, 5.41) is 0.672. The van der Waals surface area contributed by atoms with E-state index in [1.54, 1.807) is 0 Å². The minimum absolute atomic E-state index is 0.128. The molecule has 3 heterocycles. The van der Waals surface area contributed by atoms with Gasteiger partial charge >= 0.3 is 0 Å². The standard InChI is InChI=1S/C26H28N4O2S/c1-17-12-18(2)15-29(14-17)23(31)16-33-26-27-21-11-7-6-10-20(21)24-28-25(32)22(30(24)26)13-19-8-4-3-5-9-19/h3-11,17-18,22H,12-16H2,1-2H3. The fraction of sp³-hybridized carbons (Fsp3) is 0.385. The van der Waals surface area contributed by atoms with Gasteiger partial charge in [-0.1, -0.05) is 68.1 Å². The fourth-order valence-electron chi connectivity index (χ4n) is 5.02. The maximum Gasteiger partial charge on any atom is 0.271 e. The second kappa shape index (κ2) is 9.14. The van der Waals surface area contributed by atoms with Gasteiger partial charge in [-0.3, -0.25) is 14.5 Å². The lowest BCUT2D eigenvalue weighted by atomic mass is 9.92. The highest BCUT2D eigenvalue weighted by atomic mass is 32.2. The molecule has 0 spiro atoms. The number of amides is 2. The summed E-state index contributed by atoms with van der Waals surface area (Å²) in [6.45, 7) is 6.03. The van der Waals surface area contributed by atoms with Gasteiger partial charge < -0.3 is 4.90 Å². The third-order valence-electron chi connectivity index (χ3n) is 6.43. The van der Waals surface area contributed by atoms with Crippen molar-refractivity contribution in [3.8, 4) is 0 Å². The van der Waals surface area contributed by atoms with Gasteiger partial charge in [-0.05, 0) is 36.0 Å². The summed E-state index contributed by atoms with van der Waals surface area (Å²) < 4.78 is 0. The first-order valence-electron chi connectivity index (χ1n) is 11.5. The van der Waals surface area contributed by atoms with E-state index in [-0.39, 0.29) is 11.8 Å². The number of thioether (sulfide) groups is 1. The molecule has 1 fully saturated rings. The minimum atomic E-state index is -0.452. The summed E-state index contributed by atoms with van der Waals surface area (Å²) in [5.41, 5.74) is 2.72. The number of carbonyl (C=O) groups excluding carboxylic acids is 2. The molecule has 7 heteroatoms. The summed E-state index contributed by atoms with van der Waals surface area (Å²) in [4.78, 5) is 39.2. The van der Waals surface area contributed by atoms with Gasteiger partial charge in [-0.15, -0.1) is 0 Å². The predicted octanol–water partition coefficient (Wildman–Crippen LogP) is 4.13. The molecular weight excluding hydrogens is 432 g/mol. The number of para-hydroxylation sites is 1. The first-order chi connectivity index (χ1) is 16.0. The minimum Gasteiger partial charge on any atom is -0.341 e. The second-order valence-electron chi connectivity index (χ2n) is 9.29. The molecule has 5 rings (SSSR count). The molecule has 2 aromatic carbocycles. The molecule has 2 amide bonds. The van der Waals surface area contributed by atoms with Gasteiger partial charge in [0, 0.05) is 25.1 Å². The Morgan fingerprint density at radius 3 is 2.45 bits per heavy atom. The molecular formula is C26H28N4O2S. The SMILES string of the molecule is CC1CC(C)CN(C(=O)CSC2=Nc3ccccc3C3=NC(=O)C(Cc4ccccc4)N23)C1. The molecule has 3 aliphatic rings. The van der Waals surface area contributed by atoms with Crippen molar-refractivity contribution in [2.75, 3.05) is 18.8 Å². The molecule has 0 radical (unpaired) electrons. The number of benzene rings is 2. The zero-order valence-corrected chi connectivity index (χ0v) is 19.8. The highest BCUT2D eigenvalue weighted by Crippen LogP contribution is 2.35. The van der Waals surface area contributed by atoms with Crippen LogP contribution >= 0.6 is 11.8 Å². The molecule has 3 atom stereocenters. The predicted molar refractivity (Wildman–Crippen MR) is 133 cm³/mol. The van der Waals surface area contributed by atoms with E-state index in [9.17, 15) is 9.59 Å². The van der Waals surface area contributed by atoms with Crippen molar-refractivity contribution in [2.24, 2.45) is 21.8 Å². The molecule has 0 saturated carbocycles. The van der Waals surface area contributed by atoms with Crippen LogP contribution in [0.4, 0.5) is 5.69 Å². The summed E-state index contributed by atoms with van der Waals surface area (Å²) in [5.74, 6) is 1.95. The van der Waals surface area contributed by atoms with Crippen molar-refractivity contribution in [2.45, 2.75) is 32.7 Å². The van der Waals surface area contributed by atoms with Gasteiger partial charge in [0.05, 0.1) is 11.4 Å². The summed E-state index contributed by atoms with van der Waals surface area (Å²) in [7, 11) is 0. The summed E-state index contributed by atoms with van der Waals surface area (Å²) in [6.07, 6.45) is 1.71. The van der Waals surface area contributed by atoms with Crippen LogP contribution in [0, 0.1) is 11.8 Å². The molecule has 1 saturated heterocycles. The zero-order chi connectivity index (χ0) is 22.9. The van der Waals surface area contributed by atoms with E-state index < -0.39 is 6.04 Å². The van der Waals surface area contributed by atoms with E-state index in [2.05, 4.69) is 18.8 Å². The van der Waals surface area contributed by atoms with Gasteiger partial charge in [-0.2, -0.15) is 4.99 Å². The molecule has 3 unspecified atom stereocenters. The monoisotopic (exact) mass is 460 g/mol. The summed E-state index contributed by atoms with van der Waals surface area (Å²) >= 11 is 1.41. The normalized spacial score (nSPS) is 24.2. The Balaban J connectivity index is 1.40. The smallest absolute Gasteiger partial charge is 0.271 e. The van der Waals surface area contributed by atoms with Gasteiger partial charge in [-0.25, -0.2) is 4.99 Å². The number of aliphatic imine (C=N–C) groups is 2. The molecule has 33 heavy (non-hydrogen) atoms. The number of likely N-dealkylation sites (tertiary alicyclic amines) is 1. The van der Waals surface area contributed by atoms with Crippen LogP contribution in [-0.2, 0) is 16.0 Å². The van der Waals surface area contributed by atoms with Crippen LogP contribution in [0.3, 0.4) is 0 Å². The Morgan fingerprint density at radius 2 is 1.70 bits per heavy atom. The van der Waals surface area contributed by atoms with Crippen LogP contribution in [0.25, 0.3) is 0 Å². The van der Waals surface area contributed by atoms with E-state index >= 15 is 0 Å². The van der Waals surface area contributed by atoms with Crippen molar-refractivity contribution >= 4 is 40.3 Å². The lowest BCUT2D eigenvalue weighted by Crippen LogP contribution is -2.46. The Hall–Kier alpha value is -2.93. The van der Waals surface area contributed by atoms with Crippen molar-refractivity contribution < 1.29 is 9.59 Å². The number of hydrogen-bond acceptors (Lipinski definition) is 5. The molecule has 170 valence electrons. The van der Waals surface area contributed by atoms with Crippen molar-refractivity contribution in [1.82, 2.24) is 9.80 Å². The zero-order valence-electron chi connectivity index (χ0n) is 19.0. The third-order valence-corrected chi connectivity index (χ3v) is 7.36. The first-order valence-corrected chi connectivity index (χ1v) is 12.5. The number of piperidine rings is 1. The number of hydrogen-bond donors (Lipinski definition) is 0. The molecule has 2 aromatic rings. The first kappa shape index (κ1) is 21.9. The van der Waals surface area contributed by atoms with Crippen LogP contribution in [0.15, 0.2) is 64.6 Å². The van der Waals surface area contributed by atoms with Gasteiger partial charge in [0.25, 0.3) is 5.91 Å². The molecule has 0 bridgehead atoms. The topological polar surface area (TPSA) is 65.3 Å². The highest BCUT2D eigenvalue weighted by Gasteiger charge is 2.42. The van der Waals surface area contributed by atoms with E-state index in [1.807, 2.05) is 64.4 Å². The molecule has 0 aromatic heterocycles. The van der Waals surface area contributed by atoms with Crippen LogP contribution in [0.5, 0.6) is 0 Å². The van der Waals surface area contributed by atoms with Gasteiger partial charge in [0.15, 0.2) is 5.17 Å². The Labute approximate surface area is 198 Å². The van der Waals surface area contributed by atoms with Crippen molar-refractivity contribution in [3.63, 3.8) is 0 Å². The number of rotatable bonds is 4. The maximum absolute atomic E-state index is 13.0. The van der Waals surface area contributed by atoms with Crippen LogP contribution in [0.1, 0.15) is 31.4 Å².